The van der Waals surface area contributed by atoms with Crippen LogP contribution in [0.15, 0.2) is 53.3 Å². The first-order chi connectivity index (χ1) is 8.75. The van der Waals surface area contributed by atoms with E-state index in [9.17, 15) is 4.79 Å². The summed E-state index contributed by atoms with van der Waals surface area (Å²) in [5.74, 6) is 0.778. The minimum absolute atomic E-state index is 0.182. The van der Waals surface area contributed by atoms with Gasteiger partial charge >= 0.3 is 0 Å². The second kappa shape index (κ2) is 4.00. The monoisotopic (exact) mass is 239 g/mol. The van der Waals surface area contributed by atoms with Crippen LogP contribution >= 0.6 is 0 Å². The molecule has 0 saturated carbocycles. The van der Waals surface area contributed by atoms with Crippen molar-refractivity contribution in [1.82, 2.24) is 9.97 Å². The Hall–Kier alpha value is -2.62. The van der Waals surface area contributed by atoms with E-state index in [4.69, 9.17) is 5.11 Å². The van der Waals surface area contributed by atoms with Crippen LogP contribution in [0.25, 0.3) is 22.3 Å². The van der Waals surface area contributed by atoms with Gasteiger partial charge in [0.05, 0.1) is 10.9 Å². The van der Waals surface area contributed by atoms with E-state index in [1.807, 2.05) is 12.1 Å². The standard InChI is InChI=1S/C14H10N2O2/c17-12-8-4-2-6-10(12)13-15-11-7-3-1-5-9(11)14(18)16-13/h1-8,17H,(H,15,16,18)/p+1. The summed E-state index contributed by atoms with van der Waals surface area (Å²) in [5.41, 5.74) is 1.08. The van der Waals surface area contributed by atoms with Crippen molar-refractivity contribution < 1.29 is 5.11 Å². The second-order valence-electron chi connectivity index (χ2n) is 3.98. The fourth-order valence-corrected chi connectivity index (χ4v) is 1.90. The largest absolute Gasteiger partial charge is 0.593 e. The third-order valence-electron chi connectivity index (χ3n) is 2.80. The first-order valence-corrected chi connectivity index (χ1v) is 5.56. The average Bonchev–Trinajstić information content (AvgIpc) is 2.39. The Morgan fingerprint density at radius 1 is 1.00 bits per heavy atom. The van der Waals surface area contributed by atoms with Gasteiger partial charge in [-0.2, -0.15) is 0 Å². The number of nitrogens with zero attached hydrogens (tertiary/aromatic N) is 1. The van der Waals surface area contributed by atoms with Crippen LogP contribution < -0.4 is 5.56 Å². The van der Waals surface area contributed by atoms with Crippen LogP contribution in [0.3, 0.4) is 0 Å². The molecule has 0 amide bonds. The molecule has 0 bridgehead atoms. The predicted octanol–water partition coefficient (Wildman–Crippen LogP) is 2.03. The molecule has 4 nitrogen and oxygen atoms in total. The van der Waals surface area contributed by atoms with Gasteiger partial charge in [0.1, 0.15) is 11.4 Å². The Morgan fingerprint density at radius 2 is 1.72 bits per heavy atom. The van der Waals surface area contributed by atoms with Crippen molar-refractivity contribution >= 4 is 10.9 Å². The molecule has 0 fully saturated rings. The van der Waals surface area contributed by atoms with E-state index >= 15 is 0 Å². The van der Waals surface area contributed by atoms with Gasteiger partial charge in [-0.1, -0.05) is 24.3 Å². The van der Waals surface area contributed by atoms with Gasteiger partial charge in [-0.3, -0.25) is 4.79 Å². The summed E-state index contributed by atoms with van der Waals surface area (Å²) in [6.45, 7) is 0. The van der Waals surface area contributed by atoms with Crippen LogP contribution in [0.4, 0.5) is 0 Å². The number of rotatable bonds is 1. The fraction of sp³-hybridized carbons (Fsp3) is 0. The smallest absolute Gasteiger partial charge is 0.264 e. The molecule has 3 aromatic rings. The normalized spacial score (nSPS) is 10.7. The number of nitrogens with one attached hydrogen (secondary N) is 1. The van der Waals surface area contributed by atoms with E-state index < -0.39 is 0 Å². The molecular weight excluding hydrogens is 228 g/mol. The van der Waals surface area contributed by atoms with Crippen LogP contribution in [0.1, 0.15) is 0 Å². The molecule has 4 heteroatoms. The summed E-state index contributed by atoms with van der Waals surface area (Å²) in [6.07, 6.45) is 0. The third kappa shape index (κ3) is 1.64. The Balaban J connectivity index is 2.32. The van der Waals surface area contributed by atoms with Crippen molar-refractivity contribution in [3.63, 3.8) is 0 Å². The molecular formula is C14H11N2O2+. The lowest BCUT2D eigenvalue weighted by Crippen LogP contribution is -2.09. The number of hydrogen-bond acceptors (Lipinski definition) is 2. The van der Waals surface area contributed by atoms with E-state index in [1.165, 1.54) is 0 Å². The zero-order valence-electron chi connectivity index (χ0n) is 9.47. The number of hydrogen-bond donors (Lipinski definition) is 1. The third-order valence-corrected chi connectivity index (χ3v) is 2.80. The molecule has 3 rings (SSSR count). The Labute approximate surface area is 103 Å². The van der Waals surface area contributed by atoms with E-state index in [-0.39, 0.29) is 5.56 Å². The van der Waals surface area contributed by atoms with Gasteiger partial charge in [0.15, 0.2) is 0 Å². The van der Waals surface area contributed by atoms with Crippen molar-refractivity contribution in [2.45, 2.75) is 0 Å². The highest BCUT2D eigenvalue weighted by atomic mass is 16.3. The summed E-state index contributed by atoms with van der Waals surface area (Å²) in [5, 5.41) is 8.38. The summed E-state index contributed by atoms with van der Waals surface area (Å²) in [4.78, 5) is 19.0. The molecule has 1 aromatic heterocycles. The molecule has 2 aromatic carbocycles. The molecule has 0 saturated heterocycles. The highest BCUT2D eigenvalue weighted by Gasteiger charge is 2.11. The van der Waals surface area contributed by atoms with Gasteiger partial charge in [-0.15, -0.1) is 0 Å². The SMILES string of the molecule is O=c1[nH]c(-c2ccccc2[OH2+])nc2ccccc12. The lowest BCUT2D eigenvalue weighted by molar-refractivity contribution is 0.477. The molecule has 0 aliphatic rings. The molecule has 1 heterocycles. The summed E-state index contributed by atoms with van der Waals surface area (Å²) in [6, 6.07) is 14.2. The first kappa shape index (κ1) is 10.5. The summed E-state index contributed by atoms with van der Waals surface area (Å²) < 4.78 is 0. The van der Waals surface area contributed by atoms with Crippen molar-refractivity contribution in [2.75, 3.05) is 0 Å². The minimum atomic E-state index is -0.182. The zero-order valence-corrected chi connectivity index (χ0v) is 9.47. The Morgan fingerprint density at radius 3 is 2.56 bits per heavy atom. The molecule has 0 atom stereocenters. The van der Waals surface area contributed by atoms with Crippen molar-refractivity contribution in [2.24, 2.45) is 0 Å². The Bertz CT molecular complexity index is 778. The lowest BCUT2D eigenvalue weighted by atomic mass is 10.1. The number of aromatic nitrogens is 2. The molecule has 3 N–H and O–H groups in total. The van der Waals surface area contributed by atoms with Crippen LogP contribution in [-0.4, -0.2) is 15.1 Å². The van der Waals surface area contributed by atoms with Crippen LogP contribution in [0, 0.1) is 0 Å². The maximum absolute atomic E-state index is 11.9. The quantitative estimate of drug-likeness (QED) is 0.660. The van der Waals surface area contributed by atoms with Gasteiger partial charge in [-0.25, -0.2) is 4.98 Å². The molecule has 0 aliphatic heterocycles. The highest BCUT2D eigenvalue weighted by molar-refractivity contribution is 5.79. The fourth-order valence-electron chi connectivity index (χ4n) is 1.90. The van der Waals surface area contributed by atoms with E-state index in [1.54, 1.807) is 36.4 Å². The molecule has 0 aliphatic carbocycles. The zero-order chi connectivity index (χ0) is 12.5. The van der Waals surface area contributed by atoms with E-state index in [0.717, 1.165) is 0 Å². The van der Waals surface area contributed by atoms with Crippen LogP contribution in [-0.2, 0) is 0 Å². The maximum atomic E-state index is 11.9. The van der Waals surface area contributed by atoms with Gasteiger partial charge in [0.2, 0.25) is 0 Å². The van der Waals surface area contributed by atoms with Gasteiger partial charge in [0, 0.05) is 6.07 Å². The number of aromatic amines is 1. The lowest BCUT2D eigenvalue weighted by Gasteiger charge is -2.02. The van der Waals surface area contributed by atoms with Gasteiger partial charge in [-0.05, 0) is 18.2 Å². The van der Waals surface area contributed by atoms with E-state index in [2.05, 4.69) is 9.97 Å². The van der Waals surface area contributed by atoms with Crippen LogP contribution in [0.2, 0.25) is 0 Å². The summed E-state index contributed by atoms with van der Waals surface area (Å²) >= 11 is 0. The first-order valence-electron chi connectivity index (χ1n) is 5.56. The topological polar surface area (TPSA) is 68.7 Å². The van der Waals surface area contributed by atoms with Gasteiger partial charge < -0.3 is 10.1 Å². The average molecular weight is 239 g/mol. The highest BCUT2D eigenvalue weighted by Crippen LogP contribution is 2.25. The van der Waals surface area contributed by atoms with Crippen molar-refractivity contribution in [3.8, 4) is 17.1 Å². The molecule has 18 heavy (non-hydrogen) atoms. The summed E-state index contributed by atoms with van der Waals surface area (Å²) in [7, 11) is 0. The number of para-hydroxylation sites is 2. The number of H-pyrrole nitrogens is 1. The molecule has 88 valence electrons. The predicted molar refractivity (Wildman–Crippen MR) is 70.9 cm³/mol. The maximum Gasteiger partial charge on any atom is 0.264 e. The molecule has 0 spiro atoms. The van der Waals surface area contributed by atoms with Crippen molar-refractivity contribution in [3.05, 3.63) is 58.9 Å². The molecule has 0 radical (unpaired) electrons. The van der Waals surface area contributed by atoms with Crippen LogP contribution in [0.5, 0.6) is 5.75 Å². The second-order valence-corrected chi connectivity index (χ2v) is 3.98. The number of benzene rings is 2. The Kier molecular flexibility index (Phi) is 2.34. The van der Waals surface area contributed by atoms with E-state index in [0.29, 0.717) is 28.0 Å². The molecule has 0 unspecified atom stereocenters. The minimum Gasteiger partial charge on any atom is -0.593 e. The van der Waals surface area contributed by atoms with Crippen molar-refractivity contribution in [1.29, 1.82) is 0 Å². The number of fused-ring (bicyclic) bond motifs is 1. The van der Waals surface area contributed by atoms with Gasteiger partial charge in [0.25, 0.3) is 11.3 Å².